The average Bonchev–Trinajstić information content (AvgIpc) is 3.11. The molecule has 172 valence electrons. The summed E-state index contributed by atoms with van der Waals surface area (Å²) in [5, 5.41) is 6.15. The third-order valence-corrected chi connectivity index (χ3v) is 7.83. The van der Waals surface area contributed by atoms with E-state index in [1.807, 2.05) is 0 Å². The summed E-state index contributed by atoms with van der Waals surface area (Å²) in [6, 6.07) is 17.8. The van der Waals surface area contributed by atoms with E-state index in [0.717, 1.165) is 22.2 Å². The van der Waals surface area contributed by atoms with Gasteiger partial charge in [-0.25, -0.2) is 0 Å². The smallest absolute Gasteiger partial charge is 0.137 e. The standard InChI is InChI=1S/C31H37NO/c1-19-16-22-23(31(7,8)15-14-30(22,5)6)18-25(19)32-24-10-9-11-27-28(24)21-17-20(29(2,3)4)12-13-26(21)33-27/h9-13,16-18,32H,14-15H2,1-8H3. The Morgan fingerprint density at radius 3 is 2.12 bits per heavy atom. The minimum Gasteiger partial charge on any atom is -0.456 e. The molecule has 0 saturated carbocycles. The Bertz CT molecular complexity index is 1380. The van der Waals surface area contributed by atoms with E-state index in [4.69, 9.17) is 4.42 Å². The molecule has 4 aromatic rings. The first-order valence-corrected chi connectivity index (χ1v) is 12.3. The van der Waals surface area contributed by atoms with E-state index >= 15 is 0 Å². The lowest BCUT2D eigenvalue weighted by atomic mass is 9.63. The van der Waals surface area contributed by atoms with E-state index in [0.29, 0.717) is 0 Å². The van der Waals surface area contributed by atoms with Crippen molar-refractivity contribution in [2.75, 3.05) is 5.32 Å². The van der Waals surface area contributed by atoms with Crippen molar-refractivity contribution in [3.8, 4) is 0 Å². The van der Waals surface area contributed by atoms with Crippen molar-refractivity contribution >= 4 is 33.3 Å². The number of benzene rings is 3. The third kappa shape index (κ3) is 3.64. The zero-order chi connectivity index (χ0) is 23.8. The summed E-state index contributed by atoms with van der Waals surface area (Å²) < 4.78 is 6.24. The van der Waals surface area contributed by atoms with E-state index in [-0.39, 0.29) is 16.2 Å². The van der Waals surface area contributed by atoms with Gasteiger partial charge in [0.05, 0.1) is 11.1 Å². The molecule has 33 heavy (non-hydrogen) atoms. The highest BCUT2D eigenvalue weighted by Gasteiger charge is 2.37. The Labute approximate surface area is 198 Å². The zero-order valence-electron chi connectivity index (χ0n) is 21.4. The summed E-state index contributed by atoms with van der Waals surface area (Å²) in [7, 11) is 0. The van der Waals surface area contributed by atoms with Gasteiger partial charge in [-0.2, -0.15) is 0 Å². The fourth-order valence-corrected chi connectivity index (χ4v) is 5.40. The van der Waals surface area contributed by atoms with Crippen LogP contribution in [0.3, 0.4) is 0 Å². The molecule has 5 rings (SSSR count). The highest BCUT2D eigenvalue weighted by Crippen LogP contribution is 2.48. The third-order valence-electron chi connectivity index (χ3n) is 7.83. The highest BCUT2D eigenvalue weighted by molar-refractivity contribution is 6.12. The lowest BCUT2D eigenvalue weighted by Gasteiger charge is -2.42. The summed E-state index contributed by atoms with van der Waals surface area (Å²) in [5.74, 6) is 0. The van der Waals surface area contributed by atoms with E-state index in [9.17, 15) is 0 Å². The monoisotopic (exact) mass is 439 g/mol. The molecule has 1 aromatic heterocycles. The molecule has 0 unspecified atom stereocenters. The highest BCUT2D eigenvalue weighted by atomic mass is 16.3. The van der Waals surface area contributed by atoms with Crippen LogP contribution >= 0.6 is 0 Å². The second-order valence-corrected chi connectivity index (χ2v) is 12.3. The molecule has 2 heteroatoms. The molecule has 0 radical (unpaired) electrons. The first kappa shape index (κ1) is 22.1. The topological polar surface area (TPSA) is 25.2 Å². The first-order chi connectivity index (χ1) is 15.4. The molecule has 1 heterocycles. The van der Waals surface area contributed by atoms with Crippen molar-refractivity contribution in [1.82, 2.24) is 0 Å². The second kappa shape index (κ2) is 7.13. The van der Waals surface area contributed by atoms with Gasteiger partial charge in [-0.3, -0.25) is 0 Å². The number of furan rings is 1. The van der Waals surface area contributed by atoms with Crippen molar-refractivity contribution in [1.29, 1.82) is 0 Å². The summed E-state index contributed by atoms with van der Waals surface area (Å²) in [5.41, 5.74) is 10.3. The van der Waals surface area contributed by atoms with Crippen LogP contribution in [0.2, 0.25) is 0 Å². The van der Waals surface area contributed by atoms with Gasteiger partial charge in [0.2, 0.25) is 0 Å². The molecule has 1 N–H and O–H groups in total. The van der Waals surface area contributed by atoms with Gasteiger partial charge in [-0.15, -0.1) is 0 Å². The minimum atomic E-state index is 0.0909. The second-order valence-electron chi connectivity index (χ2n) is 12.3. The average molecular weight is 440 g/mol. The Morgan fingerprint density at radius 2 is 1.45 bits per heavy atom. The molecule has 0 atom stereocenters. The zero-order valence-corrected chi connectivity index (χ0v) is 21.4. The summed E-state index contributed by atoms with van der Waals surface area (Å²) in [4.78, 5) is 0. The van der Waals surface area contributed by atoms with Crippen molar-refractivity contribution in [2.45, 2.75) is 84.5 Å². The van der Waals surface area contributed by atoms with Crippen LogP contribution in [-0.2, 0) is 16.2 Å². The van der Waals surface area contributed by atoms with Gasteiger partial charge in [0.1, 0.15) is 11.2 Å². The predicted molar refractivity (Wildman–Crippen MR) is 142 cm³/mol. The molecule has 0 amide bonds. The largest absolute Gasteiger partial charge is 0.456 e. The lowest BCUT2D eigenvalue weighted by molar-refractivity contribution is 0.332. The number of rotatable bonds is 2. The normalized spacial score (nSPS) is 17.3. The van der Waals surface area contributed by atoms with Crippen molar-refractivity contribution in [3.63, 3.8) is 0 Å². The summed E-state index contributed by atoms with van der Waals surface area (Å²) in [6.07, 6.45) is 2.45. The molecule has 1 aliphatic carbocycles. The predicted octanol–water partition coefficient (Wildman–Crippen LogP) is 9.28. The quantitative estimate of drug-likeness (QED) is 0.336. The van der Waals surface area contributed by atoms with Crippen LogP contribution in [0.25, 0.3) is 21.9 Å². The maximum atomic E-state index is 6.24. The maximum Gasteiger partial charge on any atom is 0.137 e. The number of hydrogen-bond acceptors (Lipinski definition) is 2. The van der Waals surface area contributed by atoms with E-state index in [1.54, 1.807) is 0 Å². The first-order valence-electron chi connectivity index (χ1n) is 12.3. The number of nitrogens with one attached hydrogen (secondary N) is 1. The van der Waals surface area contributed by atoms with Crippen LogP contribution in [0.1, 0.15) is 83.6 Å². The molecular weight excluding hydrogens is 402 g/mol. The lowest BCUT2D eigenvalue weighted by Crippen LogP contribution is -2.34. The minimum absolute atomic E-state index is 0.0909. The van der Waals surface area contributed by atoms with E-state index in [1.165, 1.54) is 46.2 Å². The van der Waals surface area contributed by atoms with Crippen LogP contribution < -0.4 is 5.32 Å². The van der Waals surface area contributed by atoms with Gasteiger partial charge in [-0.05, 0) is 88.6 Å². The Morgan fingerprint density at radius 1 is 0.788 bits per heavy atom. The van der Waals surface area contributed by atoms with Gasteiger partial charge in [0.15, 0.2) is 0 Å². The Balaban J connectivity index is 1.67. The van der Waals surface area contributed by atoms with Gasteiger partial charge in [0.25, 0.3) is 0 Å². The Hall–Kier alpha value is -2.74. The molecule has 0 fully saturated rings. The number of fused-ring (bicyclic) bond motifs is 4. The SMILES string of the molecule is Cc1cc2c(cc1Nc1cccc3oc4ccc(C(C)(C)C)cc4c13)C(C)(C)CCC2(C)C. The fourth-order valence-electron chi connectivity index (χ4n) is 5.40. The maximum absolute atomic E-state index is 6.24. The summed E-state index contributed by atoms with van der Waals surface area (Å²) >= 11 is 0. The molecule has 2 nitrogen and oxygen atoms in total. The van der Waals surface area contributed by atoms with Crippen LogP contribution in [-0.4, -0.2) is 0 Å². The van der Waals surface area contributed by atoms with E-state index in [2.05, 4.69) is 109 Å². The van der Waals surface area contributed by atoms with Crippen molar-refractivity contribution in [3.05, 3.63) is 70.8 Å². The van der Waals surface area contributed by atoms with Gasteiger partial charge in [-0.1, -0.05) is 66.7 Å². The molecule has 0 aliphatic heterocycles. The Kier molecular flexibility index (Phi) is 4.77. The van der Waals surface area contributed by atoms with Crippen LogP contribution in [0, 0.1) is 6.92 Å². The molecule has 0 bridgehead atoms. The van der Waals surface area contributed by atoms with Crippen molar-refractivity contribution < 1.29 is 4.42 Å². The molecule has 0 spiro atoms. The van der Waals surface area contributed by atoms with Gasteiger partial charge >= 0.3 is 0 Å². The van der Waals surface area contributed by atoms with Crippen LogP contribution in [0.15, 0.2) is 52.9 Å². The number of anilines is 2. The molecule has 0 saturated heterocycles. The van der Waals surface area contributed by atoms with Crippen LogP contribution in [0.5, 0.6) is 0 Å². The van der Waals surface area contributed by atoms with Crippen molar-refractivity contribution in [2.24, 2.45) is 0 Å². The fraction of sp³-hybridized carbons (Fsp3) is 0.419. The summed E-state index contributed by atoms with van der Waals surface area (Å²) in [6.45, 7) is 18.6. The molecule has 1 aliphatic rings. The molecule has 3 aromatic carbocycles. The van der Waals surface area contributed by atoms with Crippen LogP contribution in [0.4, 0.5) is 11.4 Å². The number of hydrogen-bond donors (Lipinski definition) is 1. The van der Waals surface area contributed by atoms with E-state index < -0.39 is 0 Å². The van der Waals surface area contributed by atoms with Gasteiger partial charge < -0.3 is 9.73 Å². The number of aryl methyl sites for hydroxylation is 1. The molecular formula is C31H37NO. The van der Waals surface area contributed by atoms with Gasteiger partial charge in [0, 0.05) is 11.1 Å².